The van der Waals surface area contributed by atoms with Crippen molar-refractivity contribution in [3.8, 4) is 5.75 Å². The lowest BCUT2D eigenvalue weighted by atomic mass is 10.3. The van der Waals surface area contributed by atoms with E-state index < -0.39 is 0 Å². The maximum absolute atomic E-state index is 12.4. The number of benzene rings is 1. The molecule has 0 spiro atoms. The first-order valence-corrected chi connectivity index (χ1v) is 9.13. The minimum Gasteiger partial charge on any atom is -0.486 e. The summed E-state index contributed by atoms with van der Waals surface area (Å²) in [7, 11) is 0. The molecule has 128 valence electrons. The molecule has 1 amide bonds. The molecular formula is C18H15BrN2O3S. The third-order valence-corrected chi connectivity index (χ3v) is 4.81. The van der Waals surface area contributed by atoms with E-state index in [1.54, 1.807) is 11.0 Å². The zero-order chi connectivity index (χ0) is 17.4. The van der Waals surface area contributed by atoms with E-state index in [1.165, 1.54) is 0 Å². The number of thiocarbonyl (C=S) groups is 1. The Balaban J connectivity index is 1.42. The van der Waals surface area contributed by atoms with Crippen LogP contribution in [0.4, 0.5) is 0 Å². The summed E-state index contributed by atoms with van der Waals surface area (Å²) in [6, 6.07) is 11.5. The van der Waals surface area contributed by atoms with Crippen LogP contribution in [-0.4, -0.2) is 22.0 Å². The Bertz CT molecular complexity index is 855. The quantitative estimate of drug-likeness (QED) is 0.590. The van der Waals surface area contributed by atoms with Crippen molar-refractivity contribution in [2.75, 3.05) is 0 Å². The summed E-state index contributed by atoms with van der Waals surface area (Å²) < 4.78 is 12.4. The van der Waals surface area contributed by atoms with E-state index in [4.69, 9.17) is 21.4 Å². The van der Waals surface area contributed by atoms with Crippen LogP contribution in [-0.2, 0) is 11.4 Å². The second kappa shape index (κ2) is 6.65. The number of amides is 1. The fraction of sp³-hybridized carbons (Fsp3) is 0.222. The standard InChI is InChI=1S/C18H15BrN2O3S/c19-11-1-5-13(6-2-11)23-10-15-8-7-14(24-15)9-16-17(22)21(12-3-4-12)18(25)20-16/h1-2,5-9,12H,3-4,10H2,(H,20,25)/b16-9+. The molecule has 1 N–H and O–H groups in total. The number of carbonyl (C=O) groups excluding carboxylic acids is 1. The van der Waals surface area contributed by atoms with Crippen LogP contribution in [0, 0.1) is 0 Å². The number of rotatable bonds is 5. The molecule has 0 unspecified atom stereocenters. The topological polar surface area (TPSA) is 54.7 Å². The van der Waals surface area contributed by atoms with Gasteiger partial charge in [0.15, 0.2) is 5.11 Å². The molecule has 1 aromatic heterocycles. The molecule has 2 aromatic rings. The third-order valence-electron chi connectivity index (χ3n) is 3.99. The molecule has 1 saturated heterocycles. The van der Waals surface area contributed by atoms with Crippen LogP contribution in [0.3, 0.4) is 0 Å². The summed E-state index contributed by atoms with van der Waals surface area (Å²) in [5, 5.41) is 3.45. The Hall–Kier alpha value is -2.12. The first-order chi connectivity index (χ1) is 12.1. The number of ether oxygens (including phenoxy) is 1. The summed E-state index contributed by atoms with van der Waals surface area (Å²) in [6.07, 6.45) is 3.71. The number of halogens is 1. The van der Waals surface area contributed by atoms with Gasteiger partial charge in [-0.1, -0.05) is 15.9 Å². The number of carbonyl (C=O) groups is 1. The molecule has 2 heterocycles. The second-order valence-electron chi connectivity index (χ2n) is 5.94. The molecule has 2 aliphatic rings. The van der Waals surface area contributed by atoms with Gasteiger partial charge in [0.25, 0.3) is 5.91 Å². The lowest BCUT2D eigenvalue weighted by Gasteiger charge is -2.11. The van der Waals surface area contributed by atoms with Gasteiger partial charge in [-0.3, -0.25) is 9.69 Å². The van der Waals surface area contributed by atoms with E-state index in [2.05, 4.69) is 21.2 Å². The van der Waals surface area contributed by atoms with Crippen molar-refractivity contribution < 1.29 is 13.9 Å². The average Bonchev–Trinajstić information content (AvgIpc) is 3.25. The lowest BCUT2D eigenvalue weighted by Crippen LogP contribution is -2.32. The van der Waals surface area contributed by atoms with Gasteiger partial charge in [0, 0.05) is 16.6 Å². The largest absolute Gasteiger partial charge is 0.486 e. The summed E-state index contributed by atoms with van der Waals surface area (Å²) in [4.78, 5) is 14.0. The van der Waals surface area contributed by atoms with Crippen LogP contribution in [0.5, 0.6) is 5.75 Å². The molecule has 0 radical (unpaired) electrons. The maximum Gasteiger partial charge on any atom is 0.276 e. The molecule has 5 nitrogen and oxygen atoms in total. The van der Waals surface area contributed by atoms with Crippen LogP contribution in [0.1, 0.15) is 24.4 Å². The fourth-order valence-electron chi connectivity index (χ4n) is 2.59. The van der Waals surface area contributed by atoms with Crippen molar-refractivity contribution in [1.29, 1.82) is 0 Å². The van der Waals surface area contributed by atoms with E-state index in [-0.39, 0.29) is 11.9 Å². The molecule has 1 aliphatic heterocycles. The number of nitrogens with one attached hydrogen (secondary N) is 1. The van der Waals surface area contributed by atoms with Crippen molar-refractivity contribution >= 4 is 45.2 Å². The highest BCUT2D eigenvalue weighted by Crippen LogP contribution is 2.31. The van der Waals surface area contributed by atoms with Crippen LogP contribution >= 0.6 is 28.1 Å². The fourth-order valence-corrected chi connectivity index (χ4v) is 3.20. The van der Waals surface area contributed by atoms with Crippen LogP contribution < -0.4 is 10.1 Å². The van der Waals surface area contributed by atoms with E-state index in [9.17, 15) is 4.79 Å². The Morgan fingerprint density at radius 2 is 2.04 bits per heavy atom. The summed E-state index contributed by atoms with van der Waals surface area (Å²) in [5.74, 6) is 1.95. The van der Waals surface area contributed by atoms with Gasteiger partial charge in [-0.25, -0.2) is 0 Å². The molecule has 0 bridgehead atoms. The molecule has 25 heavy (non-hydrogen) atoms. The number of hydrogen-bond acceptors (Lipinski definition) is 4. The highest BCUT2D eigenvalue weighted by atomic mass is 79.9. The average molecular weight is 419 g/mol. The van der Waals surface area contributed by atoms with E-state index in [1.807, 2.05) is 36.4 Å². The minimum absolute atomic E-state index is 0.0865. The van der Waals surface area contributed by atoms with E-state index in [0.717, 1.165) is 23.1 Å². The van der Waals surface area contributed by atoms with Crippen molar-refractivity contribution in [3.05, 3.63) is 58.1 Å². The SMILES string of the molecule is O=C1/C(=C\c2ccc(COc3ccc(Br)cc3)o2)NC(=S)N1C1CC1. The van der Waals surface area contributed by atoms with Crippen molar-refractivity contribution in [1.82, 2.24) is 10.2 Å². The molecule has 1 aromatic carbocycles. The molecule has 4 rings (SSSR count). The van der Waals surface area contributed by atoms with Gasteiger partial charge in [0.05, 0.1) is 0 Å². The van der Waals surface area contributed by atoms with Gasteiger partial charge >= 0.3 is 0 Å². The molecule has 2 fully saturated rings. The molecule has 1 saturated carbocycles. The van der Waals surface area contributed by atoms with E-state index >= 15 is 0 Å². The zero-order valence-corrected chi connectivity index (χ0v) is 15.6. The predicted octanol–water partition coefficient (Wildman–Crippen LogP) is 3.84. The summed E-state index contributed by atoms with van der Waals surface area (Å²) >= 11 is 8.62. The lowest BCUT2D eigenvalue weighted by molar-refractivity contribution is -0.122. The van der Waals surface area contributed by atoms with Gasteiger partial charge in [-0.2, -0.15) is 0 Å². The first kappa shape index (κ1) is 16.4. The molecular weight excluding hydrogens is 404 g/mol. The van der Waals surface area contributed by atoms with Gasteiger partial charge in [0.1, 0.15) is 29.6 Å². The molecule has 0 atom stereocenters. The Labute approximate surface area is 158 Å². The highest BCUT2D eigenvalue weighted by molar-refractivity contribution is 9.10. The number of nitrogens with zero attached hydrogens (tertiary/aromatic N) is 1. The first-order valence-electron chi connectivity index (χ1n) is 7.93. The van der Waals surface area contributed by atoms with Crippen LogP contribution in [0.2, 0.25) is 0 Å². The zero-order valence-electron chi connectivity index (χ0n) is 13.2. The summed E-state index contributed by atoms with van der Waals surface area (Å²) in [6.45, 7) is 0.318. The predicted molar refractivity (Wildman–Crippen MR) is 101 cm³/mol. The summed E-state index contributed by atoms with van der Waals surface area (Å²) in [5.41, 5.74) is 0.451. The maximum atomic E-state index is 12.4. The Morgan fingerprint density at radius 1 is 1.28 bits per heavy atom. The molecule has 1 aliphatic carbocycles. The smallest absolute Gasteiger partial charge is 0.276 e. The third kappa shape index (κ3) is 3.62. The van der Waals surface area contributed by atoms with Crippen molar-refractivity contribution in [2.24, 2.45) is 0 Å². The van der Waals surface area contributed by atoms with Gasteiger partial charge in [-0.05, 0) is 61.5 Å². The normalized spacial score (nSPS) is 18.8. The van der Waals surface area contributed by atoms with Gasteiger partial charge < -0.3 is 14.5 Å². The Morgan fingerprint density at radius 3 is 2.76 bits per heavy atom. The number of hydrogen-bond donors (Lipinski definition) is 1. The highest BCUT2D eigenvalue weighted by Gasteiger charge is 2.41. The van der Waals surface area contributed by atoms with Crippen LogP contribution in [0.25, 0.3) is 6.08 Å². The molecule has 7 heteroatoms. The monoisotopic (exact) mass is 418 g/mol. The minimum atomic E-state index is -0.0865. The van der Waals surface area contributed by atoms with E-state index in [0.29, 0.717) is 28.9 Å². The number of furan rings is 1. The van der Waals surface area contributed by atoms with Gasteiger partial charge in [0.2, 0.25) is 0 Å². The van der Waals surface area contributed by atoms with Crippen molar-refractivity contribution in [3.63, 3.8) is 0 Å². The van der Waals surface area contributed by atoms with Gasteiger partial charge in [-0.15, -0.1) is 0 Å². The second-order valence-corrected chi connectivity index (χ2v) is 7.24. The van der Waals surface area contributed by atoms with Crippen molar-refractivity contribution in [2.45, 2.75) is 25.5 Å². The Kier molecular flexibility index (Phi) is 4.35. The van der Waals surface area contributed by atoms with Crippen LogP contribution in [0.15, 0.2) is 51.0 Å².